The third-order valence-corrected chi connectivity index (χ3v) is 4.00. The molecule has 6 heteroatoms. The molecule has 1 atom stereocenters. The van der Waals surface area contributed by atoms with E-state index in [2.05, 4.69) is 0 Å². The number of nitrogens with zero attached hydrogens (tertiary/aromatic N) is 1. The number of hydrogen-bond acceptors (Lipinski definition) is 5. The van der Waals surface area contributed by atoms with Crippen LogP contribution in [0.2, 0.25) is 0 Å². The quantitative estimate of drug-likeness (QED) is 0.662. The van der Waals surface area contributed by atoms with Crippen molar-refractivity contribution in [3.05, 3.63) is 27.8 Å². The topological polar surface area (TPSA) is 87.6 Å². The van der Waals surface area contributed by atoms with E-state index >= 15 is 0 Å². The Labute approximate surface area is 118 Å². The predicted octanol–water partition coefficient (Wildman–Crippen LogP) is 2.80. The third kappa shape index (κ3) is 2.70. The molecule has 0 amide bonds. The van der Waals surface area contributed by atoms with Crippen molar-refractivity contribution in [3.63, 3.8) is 0 Å². The van der Waals surface area contributed by atoms with E-state index in [1.165, 1.54) is 20.3 Å². The highest BCUT2D eigenvalue weighted by molar-refractivity contribution is 5.55. The molecule has 1 aromatic carbocycles. The zero-order valence-electron chi connectivity index (χ0n) is 11.8. The van der Waals surface area contributed by atoms with E-state index in [9.17, 15) is 10.1 Å². The average Bonchev–Trinajstić information content (AvgIpc) is 2.98. The molecule has 2 rings (SSSR count). The molecular weight excluding hydrogens is 260 g/mol. The molecule has 1 saturated carbocycles. The van der Waals surface area contributed by atoms with Crippen molar-refractivity contribution >= 4 is 5.69 Å². The van der Waals surface area contributed by atoms with Gasteiger partial charge < -0.3 is 15.2 Å². The summed E-state index contributed by atoms with van der Waals surface area (Å²) >= 11 is 0. The Morgan fingerprint density at radius 3 is 2.30 bits per heavy atom. The highest BCUT2D eigenvalue weighted by Gasteiger charge is 2.30. The minimum atomic E-state index is -0.411. The lowest BCUT2D eigenvalue weighted by atomic mass is 9.91. The number of nitro groups is 1. The molecule has 1 aliphatic rings. The molecule has 0 bridgehead atoms. The van der Waals surface area contributed by atoms with Gasteiger partial charge >= 0.3 is 0 Å². The van der Waals surface area contributed by atoms with Gasteiger partial charge in [-0.25, -0.2) is 0 Å². The molecule has 0 saturated heterocycles. The Morgan fingerprint density at radius 1 is 1.25 bits per heavy atom. The molecule has 20 heavy (non-hydrogen) atoms. The van der Waals surface area contributed by atoms with Crippen LogP contribution in [0.5, 0.6) is 11.5 Å². The molecule has 1 aromatic rings. The van der Waals surface area contributed by atoms with Gasteiger partial charge in [0.1, 0.15) is 0 Å². The number of nitrogens with two attached hydrogens (primary N) is 1. The smallest absolute Gasteiger partial charge is 0.278 e. The molecule has 0 aromatic heterocycles. The minimum Gasteiger partial charge on any atom is -0.493 e. The lowest BCUT2D eigenvalue weighted by Crippen LogP contribution is -2.20. The second-order valence-corrected chi connectivity index (χ2v) is 5.09. The number of ether oxygens (including phenoxy) is 2. The minimum absolute atomic E-state index is 0.00190. The summed E-state index contributed by atoms with van der Waals surface area (Å²) in [4.78, 5) is 10.9. The van der Waals surface area contributed by atoms with E-state index in [4.69, 9.17) is 15.2 Å². The van der Waals surface area contributed by atoms with Crippen LogP contribution in [-0.4, -0.2) is 19.1 Å². The predicted molar refractivity (Wildman–Crippen MR) is 75.1 cm³/mol. The first-order valence-corrected chi connectivity index (χ1v) is 6.74. The van der Waals surface area contributed by atoms with E-state index < -0.39 is 4.92 Å². The van der Waals surface area contributed by atoms with Crippen molar-refractivity contribution in [3.8, 4) is 11.5 Å². The zero-order chi connectivity index (χ0) is 14.7. The average molecular weight is 280 g/mol. The van der Waals surface area contributed by atoms with E-state index in [1.807, 2.05) is 0 Å². The molecule has 0 spiro atoms. The molecule has 2 N–H and O–H groups in total. The molecule has 1 fully saturated rings. The maximum absolute atomic E-state index is 11.3. The molecule has 1 aliphatic carbocycles. The van der Waals surface area contributed by atoms with E-state index in [0.717, 1.165) is 25.7 Å². The van der Waals surface area contributed by atoms with Gasteiger partial charge in [-0.1, -0.05) is 12.8 Å². The summed E-state index contributed by atoms with van der Waals surface area (Å²) in [6.45, 7) is 0. The summed E-state index contributed by atoms with van der Waals surface area (Å²) in [6.07, 6.45) is 4.32. The molecule has 0 unspecified atom stereocenters. The van der Waals surface area contributed by atoms with Crippen LogP contribution in [0, 0.1) is 16.0 Å². The summed E-state index contributed by atoms with van der Waals surface area (Å²) in [6, 6.07) is 2.70. The standard InChI is InChI=1S/C14H20N2O4/c1-19-12-7-10(14(15)9-5-3-4-6-9)11(16(17)18)8-13(12)20-2/h7-9,14H,3-6,15H2,1-2H3/t14-/m1/s1. The van der Waals surface area contributed by atoms with Crippen LogP contribution in [0.4, 0.5) is 5.69 Å². The van der Waals surface area contributed by atoms with E-state index in [1.54, 1.807) is 6.07 Å². The van der Waals surface area contributed by atoms with Gasteiger partial charge in [-0.15, -0.1) is 0 Å². The Bertz CT molecular complexity index is 498. The van der Waals surface area contributed by atoms with Gasteiger partial charge in [0.2, 0.25) is 0 Å². The fourth-order valence-corrected chi connectivity index (χ4v) is 2.88. The molecule has 0 radical (unpaired) electrons. The maximum Gasteiger partial charge on any atom is 0.278 e. The lowest BCUT2D eigenvalue weighted by Gasteiger charge is -2.20. The first kappa shape index (κ1) is 14.6. The van der Waals surface area contributed by atoms with Crippen LogP contribution in [-0.2, 0) is 0 Å². The largest absolute Gasteiger partial charge is 0.493 e. The highest BCUT2D eigenvalue weighted by Crippen LogP contribution is 2.42. The third-order valence-electron chi connectivity index (χ3n) is 4.00. The summed E-state index contributed by atoms with van der Waals surface area (Å²) < 4.78 is 10.3. The Kier molecular flexibility index (Phi) is 4.44. The molecule has 0 aliphatic heterocycles. The monoisotopic (exact) mass is 280 g/mol. The number of methoxy groups -OCH3 is 2. The second kappa shape index (κ2) is 6.09. The Balaban J connectivity index is 2.45. The van der Waals surface area contributed by atoms with Crippen LogP contribution < -0.4 is 15.2 Å². The Morgan fingerprint density at radius 2 is 1.80 bits per heavy atom. The zero-order valence-corrected chi connectivity index (χ0v) is 11.8. The number of rotatable bonds is 5. The molecular formula is C14H20N2O4. The van der Waals surface area contributed by atoms with Crippen LogP contribution in [0.25, 0.3) is 0 Å². The lowest BCUT2D eigenvalue weighted by molar-refractivity contribution is -0.385. The first-order valence-electron chi connectivity index (χ1n) is 6.74. The maximum atomic E-state index is 11.3. The van der Waals surface area contributed by atoms with Crippen LogP contribution in [0.3, 0.4) is 0 Å². The number of benzene rings is 1. The first-order chi connectivity index (χ1) is 9.58. The van der Waals surface area contributed by atoms with Gasteiger partial charge in [0.25, 0.3) is 5.69 Å². The van der Waals surface area contributed by atoms with Gasteiger partial charge in [0.15, 0.2) is 11.5 Å². The van der Waals surface area contributed by atoms with Gasteiger partial charge in [-0.05, 0) is 24.8 Å². The summed E-state index contributed by atoms with van der Waals surface area (Å²) in [7, 11) is 2.96. The van der Waals surface area contributed by atoms with Crippen LogP contribution in [0.15, 0.2) is 12.1 Å². The molecule has 6 nitrogen and oxygen atoms in total. The Hall–Kier alpha value is -1.82. The summed E-state index contributed by atoms with van der Waals surface area (Å²) in [5.74, 6) is 1.12. The fourth-order valence-electron chi connectivity index (χ4n) is 2.88. The van der Waals surface area contributed by atoms with Crippen molar-refractivity contribution in [2.24, 2.45) is 11.7 Å². The van der Waals surface area contributed by atoms with E-state index in [0.29, 0.717) is 23.0 Å². The second-order valence-electron chi connectivity index (χ2n) is 5.09. The number of nitro benzene ring substituents is 1. The summed E-state index contributed by atoms with van der Waals surface area (Å²) in [5, 5.41) is 11.3. The van der Waals surface area contributed by atoms with Crippen molar-refractivity contribution in [1.29, 1.82) is 0 Å². The molecule has 110 valence electrons. The van der Waals surface area contributed by atoms with Crippen LogP contribution in [0.1, 0.15) is 37.3 Å². The SMILES string of the molecule is COc1cc([C@H](N)C2CCCC2)c([N+](=O)[O-])cc1OC. The normalized spacial score (nSPS) is 16.9. The van der Waals surface area contributed by atoms with Gasteiger partial charge in [-0.2, -0.15) is 0 Å². The fraction of sp³-hybridized carbons (Fsp3) is 0.571. The van der Waals surface area contributed by atoms with Gasteiger partial charge in [-0.3, -0.25) is 10.1 Å². The van der Waals surface area contributed by atoms with Crippen LogP contribution >= 0.6 is 0 Å². The van der Waals surface area contributed by atoms with Crippen molar-refractivity contribution in [1.82, 2.24) is 0 Å². The van der Waals surface area contributed by atoms with Crippen molar-refractivity contribution < 1.29 is 14.4 Å². The summed E-state index contributed by atoms with van der Waals surface area (Å²) in [5.41, 5.74) is 6.78. The van der Waals surface area contributed by atoms with Gasteiger partial charge in [0, 0.05) is 6.04 Å². The highest BCUT2D eigenvalue weighted by atomic mass is 16.6. The number of hydrogen-bond donors (Lipinski definition) is 1. The van der Waals surface area contributed by atoms with Crippen molar-refractivity contribution in [2.45, 2.75) is 31.7 Å². The molecule has 0 heterocycles. The van der Waals surface area contributed by atoms with E-state index in [-0.39, 0.29) is 11.7 Å². The van der Waals surface area contributed by atoms with Crippen molar-refractivity contribution in [2.75, 3.05) is 14.2 Å². The van der Waals surface area contributed by atoms with Gasteiger partial charge in [0.05, 0.1) is 30.8 Å².